The summed E-state index contributed by atoms with van der Waals surface area (Å²) in [7, 11) is 0. The lowest BCUT2D eigenvalue weighted by atomic mass is 9.67. The molecule has 1 heteroatoms. The highest BCUT2D eigenvalue weighted by Crippen LogP contribution is 2.39. The SMILES string of the molecule is CC[C@H]1C(C)N[C@H](C)CC1(C)C. The Morgan fingerprint density at radius 1 is 1.33 bits per heavy atom. The van der Waals surface area contributed by atoms with Gasteiger partial charge in [-0.3, -0.25) is 0 Å². The molecule has 1 aliphatic rings. The van der Waals surface area contributed by atoms with Gasteiger partial charge in [-0.2, -0.15) is 0 Å². The smallest absolute Gasteiger partial charge is 0.00744 e. The molecule has 3 atom stereocenters. The predicted molar refractivity (Wildman–Crippen MR) is 54.2 cm³/mol. The van der Waals surface area contributed by atoms with Crippen LogP contribution in [-0.2, 0) is 0 Å². The molecule has 0 amide bonds. The second kappa shape index (κ2) is 3.37. The van der Waals surface area contributed by atoms with Crippen LogP contribution in [0.3, 0.4) is 0 Å². The van der Waals surface area contributed by atoms with Crippen LogP contribution in [0.25, 0.3) is 0 Å². The lowest BCUT2D eigenvalue weighted by molar-refractivity contribution is 0.0825. The highest BCUT2D eigenvalue weighted by atomic mass is 15.0. The average Bonchev–Trinajstić information content (AvgIpc) is 1.82. The van der Waals surface area contributed by atoms with Gasteiger partial charge < -0.3 is 5.32 Å². The third-order valence-electron chi connectivity index (χ3n) is 3.43. The van der Waals surface area contributed by atoms with Crippen molar-refractivity contribution < 1.29 is 0 Å². The first-order valence-electron chi connectivity index (χ1n) is 5.23. The van der Waals surface area contributed by atoms with Crippen molar-refractivity contribution in [2.75, 3.05) is 0 Å². The van der Waals surface area contributed by atoms with E-state index >= 15 is 0 Å². The zero-order chi connectivity index (χ0) is 9.35. The Labute approximate surface area is 76.9 Å². The summed E-state index contributed by atoms with van der Waals surface area (Å²) in [5.41, 5.74) is 0.527. The highest BCUT2D eigenvalue weighted by molar-refractivity contribution is 4.92. The Balaban J connectivity index is 2.71. The maximum Gasteiger partial charge on any atom is 0.00744 e. The Morgan fingerprint density at radius 2 is 1.92 bits per heavy atom. The second-order valence-corrected chi connectivity index (χ2v) is 5.06. The van der Waals surface area contributed by atoms with Gasteiger partial charge in [-0.15, -0.1) is 0 Å². The minimum absolute atomic E-state index is 0.527. The molecule has 1 N–H and O–H groups in total. The van der Waals surface area contributed by atoms with Crippen LogP contribution < -0.4 is 5.32 Å². The molecule has 1 unspecified atom stereocenters. The monoisotopic (exact) mass is 169 g/mol. The van der Waals surface area contributed by atoms with Gasteiger partial charge in [0.05, 0.1) is 0 Å². The third-order valence-corrected chi connectivity index (χ3v) is 3.43. The van der Waals surface area contributed by atoms with Gasteiger partial charge >= 0.3 is 0 Å². The van der Waals surface area contributed by atoms with Gasteiger partial charge in [0.2, 0.25) is 0 Å². The van der Waals surface area contributed by atoms with Crippen molar-refractivity contribution in [3.8, 4) is 0 Å². The molecule has 1 fully saturated rings. The molecule has 0 aromatic heterocycles. The van der Waals surface area contributed by atoms with E-state index in [0.29, 0.717) is 17.5 Å². The van der Waals surface area contributed by atoms with Crippen LogP contribution in [0.15, 0.2) is 0 Å². The normalized spacial score (nSPS) is 41.2. The molecule has 0 saturated carbocycles. The van der Waals surface area contributed by atoms with Crippen molar-refractivity contribution in [2.45, 2.75) is 59.5 Å². The first-order chi connectivity index (χ1) is 5.47. The van der Waals surface area contributed by atoms with E-state index < -0.39 is 0 Å². The van der Waals surface area contributed by atoms with E-state index in [4.69, 9.17) is 0 Å². The summed E-state index contributed by atoms with van der Waals surface area (Å²) in [4.78, 5) is 0. The van der Waals surface area contributed by atoms with E-state index in [9.17, 15) is 0 Å². The van der Waals surface area contributed by atoms with Crippen molar-refractivity contribution in [1.82, 2.24) is 5.32 Å². The summed E-state index contributed by atoms with van der Waals surface area (Å²) in [6.07, 6.45) is 2.61. The van der Waals surface area contributed by atoms with Crippen LogP contribution in [0.2, 0.25) is 0 Å². The van der Waals surface area contributed by atoms with Gasteiger partial charge in [0.25, 0.3) is 0 Å². The molecule has 1 aliphatic heterocycles. The van der Waals surface area contributed by atoms with E-state index in [-0.39, 0.29) is 0 Å². The summed E-state index contributed by atoms with van der Waals surface area (Å²) in [5.74, 6) is 0.841. The van der Waals surface area contributed by atoms with Crippen LogP contribution in [0.1, 0.15) is 47.5 Å². The van der Waals surface area contributed by atoms with Gasteiger partial charge in [0, 0.05) is 12.1 Å². The van der Waals surface area contributed by atoms with Crippen LogP contribution >= 0.6 is 0 Å². The lowest BCUT2D eigenvalue weighted by Crippen LogP contribution is -2.52. The summed E-state index contributed by atoms with van der Waals surface area (Å²) < 4.78 is 0. The fourth-order valence-corrected chi connectivity index (χ4v) is 3.15. The maximum absolute atomic E-state index is 3.64. The molecule has 72 valence electrons. The van der Waals surface area contributed by atoms with Crippen LogP contribution in [0.5, 0.6) is 0 Å². The first-order valence-corrected chi connectivity index (χ1v) is 5.23. The predicted octanol–water partition coefficient (Wildman–Crippen LogP) is 2.81. The minimum Gasteiger partial charge on any atom is -0.311 e. The van der Waals surface area contributed by atoms with Gasteiger partial charge in [-0.1, -0.05) is 27.2 Å². The molecule has 0 bridgehead atoms. The number of hydrogen-bond acceptors (Lipinski definition) is 1. The molecule has 0 radical (unpaired) electrons. The fourth-order valence-electron chi connectivity index (χ4n) is 3.15. The van der Waals surface area contributed by atoms with Crippen molar-refractivity contribution >= 4 is 0 Å². The van der Waals surface area contributed by atoms with Gasteiger partial charge in [0.1, 0.15) is 0 Å². The van der Waals surface area contributed by atoms with Crippen LogP contribution in [0, 0.1) is 11.3 Å². The van der Waals surface area contributed by atoms with Gasteiger partial charge in [-0.25, -0.2) is 0 Å². The Hall–Kier alpha value is -0.0400. The van der Waals surface area contributed by atoms with E-state index in [2.05, 4.69) is 39.9 Å². The summed E-state index contributed by atoms with van der Waals surface area (Å²) in [5, 5.41) is 3.64. The molecule has 12 heavy (non-hydrogen) atoms. The molecule has 0 aromatic rings. The molecule has 1 saturated heterocycles. The Kier molecular flexibility index (Phi) is 2.82. The zero-order valence-electron chi connectivity index (χ0n) is 9.15. The molecule has 0 aromatic carbocycles. The Bertz CT molecular complexity index is 151. The molecular formula is C11H23N. The molecule has 1 heterocycles. The molecule has 0 aliphatic carbocycles. The van der Waals surface area contributed by atoms with E-state index in [0.717, 1.165) is 5.92 Å². The van der Waals surface area contributed by atoms with E-state index in [1.165, 1.54) is 12.8 Å². The van der Waals surface area contributed by atoms with Crippen molar-refractivity contribution in [1.29, 1.82) is 0 Å². The quantitative estimate of drug-likeness (QED) is 0.636. The number of nitrogens with one attached hydrogen (secondary N) is 1. The topological polar surface area (TPSA) is 12.0 Å². The first kappa shape index (κ1) is 10.0. The molecule has 1 nitrogen and oxygen atoms in total. The third kappa shape index (κ3) is 1.82. The average molecular weight is 169 g/mol. The van der Waals surface area contributed by atoms with Crippen LogP contribution in [0.4, 0.5) is 0 Å². The standard InChI is InChI=1S/C11H23N/c1-6-10-9(3)12-8(2)7-11(10,4)5/h8-10,12H,6-7H2,1-5H3/t8-,9?,10+/m1/s1. The van der Waals surface area contributed by atoms with Crippen molar-refractivity contribution in [2.24, 2.45) is 11.3 Å². The molecule has 0 spiro atoms. The van der Waals surface area contributed by atoms with E-state index in [1.54, 1.807) is 0 Å². The maximum atomic E-state index is 3.64. The fraction of sp³-hybridized carbons (Fsp3) is 1.00. The minimum atomic E-state index is 0.527. The summed E-state index contributed by atoms with van der Waals surface area (Å²) >= 11 is 0. The molecular weight excluding hydrogens is 146 g/mol. The number of rotatable bonds is 1. The lowest BCUT2D eigenvalue weighted by Gasteiger charge is -2.46. The number of hydrogen-bond donors (Lipinski definition) is 1. The molecule has 1 rings (SSSR count). The highest BCUT2D eigenvalue weighted by Gasteiger charge is 2.37. The van der Waals surface area contributed by atoms with E-state index in [1.807, 2.05) is 0 Å². The number of piperidine rings is 1. The van der Waals surface area contributed by atoms with Crippen molar-refractivity contribution in [3.63, 3.8) is 0 Å². The summed E-state index contributed by atoms with van der Waals surface area (Å²) in [6.45, 7) is 11.8. The second-order valence-electron chi connectivity index (χ2n) is 5.06. The van der Waals surface area contributed by atoms with Gasteiger partial charge in [0.15, 0.2) is 0 Å². The Morgan fingerprint density at radius 3 is 2.33 bits per heavy atom. The van der Waals surface area contributed by atoms with Crippen LogP contribution in [-0.4, -0.2) is 12.1 Å². The van der Waals surface area contributed by atoms with Crippen molar-refractivity contribution in [3.05, 3.63) is 0 Å². The summed E-state index contributed by atoms with van der Waals surface area (Å²) in [6, 6.07) is 1.38. The van der Waals surface area contributed by atoms with Gasteiger partial charge in [-0.05, 0) is 31.6 Å². The largest absolute Gasteiger partial charge is 0.311 e. The zero-order valence-corrected chi connectivity index (χ0v) is 9.15.